The molecular weight excluding hydrogens is 304 g/mol. The number of piperazine rings is 1. The first kappa shape index (κ1) is 16.3. The molecule has 0 spiro atoms. The van der Waals surface area contributed by atoms with Gasteiger partial charge in [0.25, 0.3) is 5.91 Å². The van der Waals surface area contributed by atoms with Gasteiger partial charge in [0.2, 0.25) is 0 Å². The van der Waals surface area contributed by atoms with Crippen LogP contribution in [-0.2, 0) is 11.4 Å². The Hall–Kier alpha value is -2.53. The molecule has 24 heavy (non-hydrogen) atoms. The first-order valence-corrected chi connectivity index (χ1v) is 8.19. The van der Waals surface area contributed by atoms with E-state index in [1.54, 1.807) is 0 Å². The second kappa shape index (κ2) is 8.36. The molecule has 0 unspecified atom stereocenters. The maximum atomic E-state index is 12.0. The topological polar surface area (TPSA) is 50.8 Å². The Labute approximate surface area is 142 Å². The SMILES string of the molecule is O=C(COc1ccc(OCc2ccccc2)cc1)N1CCNCC1. The summed E-state index contributed by atoms with van der Waals surface area (Å²) >= 11 is 0. The molecule has 1 amide bonds. The summed E-state index contributed by atoms with van der Waals surface area (Å²) in [7, 11) is 0. The Kier molecular flexibility index (Phi) is 5.69. The van der Waals surface area contributed by atoms with E-state index in [-0.39, 0.29) is 12.5 Å². The van der Waals surface area contributed by atoms with Gasteiger partial charge in [0.1, 0.15) is 18.1 Å². The van der Waals surface area contributed by atoms with E-state index in [1.165, 1.54) is 0 Å². The van der Waals surface area contributed by atoms with E-state index in [0.29, 0.717) is 12.4 Å². The first-order chi connectivity index (χ1) is 11.8. The second-order valence-corrected chi connectivity index (χ2v) is 5.67. The van der Waals surface area contributed by atoms with Gasteiger partial charge in [-0.05, 0) is 29.8 Å². The minimum absolute atomic E-state index is 0.0286. The van der Waals surface area contributed by atoms with Crippen molar-refractivity contribution in [3.8, 4) is 11.5 Å². The molecule has 5 heteroatoms. The summed E-state index contributed by atoms with van der Waals surface area (Å²) in [6.07, 6.45) is 0. The third-order valence-electron chi connectivity index (χ3n) is 3.90. The Bertz CT molecular complexity index is 637. The quantitative estimate of drug-likeness (QED) is 0.883. The lowest BCUT2D eigenvalue weighted by Gasteiger charge is -2.27. The van der Waals surface area contributed by atoms with Crippen LogP contribution in [-0.4, -0.2) is 43.6 Å². The molecule has 0 atom stereocenters. The highest BCUT2D eigenvalue weighted by Crippen LogP contribution is 2.18. The minimum atomic E-state index is 0.0286. The predicted octanol–water partition coefficient (Wildman–Crippen LogP) is 2.08. The molecule has 1 aliphatic heterocycles. The third-order valence-corrected chi connectivity index (χ3v) is 3.90. The molecule has 1 N–H and O–H groups in total. The van der Waals surface area contributed by atoms with Crippen LogP contribution >= 0.6 is 0 Å². The number of ether oxygens (including phenoxy) is 2. The zero-order valence-electron chi connectivity index (χ0n) is 13.6. The molecule has 3 rings (SSSR count). The van der Waals surface area contributed by atoms with Crippen LogP contribution in [0.3, 0.4) is 0 Å². The van der Waals surface area contributed by atoms with Gasteiger partial charge >= 0.3 is 0 Å². The van der Waals surface area contributed by atoms with Crippen LogP contribution in [0.25, 0.3) is 0 Å². The van der Waals surface area contributed by atoms with E-state index in [1.807, 2.05) is 59.5 Å². The number of nitrogens with one attached hydrogen (secondary N) is 1. The lowest BCUT2D eigenvalue weighted by atomic mass is 10.2. The van der Waals surface area contributed by atoms with Crippen LogP contribution in [0, 0.1) is 0 Å². The summed E-state index contributed by atoms with van der Waals surface area (Å²) in [6, 6.07) is 17.4. The lowest BCUT2D eigenvalue weighted by Crippen LogP contribution is -2.47. The van der Waals surface area contributed by atoms with Gasteiger partial charge in [0.15, 0.2) is 6.61 Å². The van der Waals surface area contributed by atoms with Gasteiger partial charge in [0.05, 0.1) is 0 Å². The molecule has 2 aromatic rings. The molecular formula is C19H22N2O3. The van der Waals surface area contributed by atoms with Crippen molar-refractivity contribution in [2.75, 3.05) is 32.8 Å². The van der Waals surface area contributed by atoms with Crippen molar-refractivity contribution in [2.45, 2.75) is 6.61 Å². The van der Waals surface area contributed by atoms with Crippen LogP contribution in [0.1, 0.15) is 5.56 Å². The highest BCUT2D eigenvalue weighted by molar-refractivity contribution is 5.77. The highest BCUT2D eigenvalue weighted by atomic mass is 16.5. The summed E-state index contributed by atoms with van der Waals surface area (Å²) in [4.78, 5) is 13.9. The fourth-order valence-electron chi connectivity index (χ4n) is 2.52. The van der Waals surface area contributed by atoms with Gasteiger partial charge in [-0.25, -0.2) is 0 Å². The molecule has 1 aliphatic rings. The zero-order valence-corrected chi connectivity index (χ0v) is 13.6. The monoisotopic (exact) mass is 326 g/mol. The van der Waals surface area contributed by atoms with E-state index >= 15 is 0 Å². The maximum Gasteiger partial charge on any atom is 0.260 e. The average molecular weight is 326 g/mol. The van der Waals surface area contributed by atoms with Crippen LogP contribution in [0.4, 0.5) is 0 Å². The zero-order chi connectivity index (χ0) is 16.6. The van der Waals surface area contributed by atoms with Crippen molar-refractivity contribution in [1.82, 2.24) is 10.2 Å². The van der Waals surface area contributed by atoms with Gasteiger partial charge in [-0.1, -0.05) is 30.3 Å². The molecule has 1 fully saturated rings. The molecule has 0 aliphatic carbocycles. The number of nitrogens with zero attached hydrogens (tertiary/aromatic N) is 1. The minimum Gasteiger partial charge on any atom is -0.489 e. The standard InChI is InChI=1S/C19H22N2O3/c22-19(21-12-10-20-11-13-21)15-24-18-8-6-17(7-9-18)23-14-16-4-2-1-3-5-16/h1-9,20H,10-15H2. The molecule has 126 valence electrons. The summed E-state index contributed by atoms with van der Waals surface area (Å²) in [5, 5.41) is 3.22. The third kappa shape index (κ3) is 4.73. The van der Waals surface area contributed by atoms with Crippen molar-refractivity contribution in [3.05, 3.63) is 60.2 Å². The van der Waals surface area contributed by atoms with Crippen LogP contribution < -0.4 is 14.8 Å². The molecule has 1 saturated heterocycles. The molecule has 2 aromatic carbocycles. The highest BCUT2D eigenvalue weighted by Gasteiger charge is 2.16. The van der Waals surface area contributed by atoms with Crippen LogP contribution in [0.5, 0.6) is 11.5 Å². The maximum absolute atomic E-state index is 12.0. The largest absolute Gasteiger partial charge is 0.489 e. The summed E-state index contributed by atoms with van der Waals surface area (Å²) in [5.74, 6) is 1.48. The fraction of sp³-hybridized carbons (Fsp3) is 0.316. The van der Waals surface area contributed by atoms with Gasteiger partial charge in [-0.15, -0.1) is 0 Å². The fourth-order valence-corrected chi connectivity index (χ4v) is 2.52. The number of carbonyl (C=O) groups is 1. The van der Waals surface area contributed by atoms with Crippen molar-refractivity contribution < 1.29 is 14.3 Å². The molecule has 0 bridgehead atoms. The van der Waals surface area contributed by atoms with Gasteiger partial charge < -0.3 is 19.7 Å². The Balaban J connectivity index is 1.45. The smallest absolute Gasteiger partial charge is 0.260 e. The molecule has 0 aromatic heterocycles. The Morgan fingerprint density at radius 3 is 2.21 bits per heavy atom. The second-order valence-electron chi connectivity index (χ2n) is 5.67. The van der Waals surface area contributed by atoms with E-state index in [2.05, 4.69) is 5.32 Å². The Morgan fingerprint density at radius 2 is 1.54 bits per heavy atom. The van der Waals surface area contributed by atoms with E-state index < -0.39 is 0 Å². The number of amides is 1. The molecule has 1 heterocycles. The van der Waals surface area contributed by atoms with Crippen LogP contribution in [0.15, 0.2) is 54.6 Å². The van der Waals surface area contributed by atoms with Crippen molar-refractivity contribution in [3.63, 3.8) is 0 Å². The summed E-state index contributed by atoms with van der Waals surface area (Å²) in [6.45, 7) is 3.79. The Morgan fingerprint density at radius 1 is 0.917 bits per heavy atom. The van der Waals surface area contributed by atoms with E-state index in [9.17, 15) is 4.79 Å². The summed E-state index contributed by atoms with van der Waals surface area (Å²) in [5.41, 5.74) is 1.12. The molecule has 0 saturated carbocycles. The molecule has 0 radical (unpaired) electrons. The van der Waals surface area contributed by atoms with Crippen molar-refractivity contribution in [1.29, 1.82) is 0 Å². The first-order valence-electron chi connectivity index (χ1n) is 8.19. The molecule has 5 nitrogen and oxygen atoms in total. The van der Waals surface area contributed by atoms with Crippen molar-refractivity contribution >= 4 is 5.91 Å². The average Bonchev–Trinajstić information content (AvgIpc) is 2.67. The number of benzene rings is 2. The predicted molar refractivity (Wildman–Crippen MR) is 92.2 cm³/mol. The van der Waals surface area contributed by atoms with E-state index in [0.717, 1.165) is 37.5 Å². The normalized spacial score (nSPS) is 14.2. The summed E-state index contributed by atoms with van der Waals surface area (Å²) < 4.78 is 11.3. The number of hydrogen-bond acceptors (Lipinski definition) is 4. The van der Waals surface area contributed by atoms with Crippen molar-refractivity contribution in [2.24, 2.45) is 0 Å². The van der Waals surface area contributed by atoms with E-state index in [4.69, 9.17) is 9.47 Å². The van der Waals surface area contributed by atoms with Gasteiger partial charge in [-0.2, -0.15) is 0 Å². The lowest BCUT2D eigenvalue weighted by molar-refractivity contribution is -0.133. The number of hydrogen-bond donors (Lipinski definition) is 1. The van der Waals surface area contributed by atoms with Gasteiger partial charge in [0, 0.05) is 26.2 Å². The van der Waals surface area contributed by atoms with Crippen LogP contribution in [0.2, 0.25) is 0 Å². The van der Waals surface area contributed by atoms with Gasteiger partial charge in [-0.3, -0.25) is 4.79 Å². The number of carbonyl (C=O) groups excluding carboxylic acids is 1. The number of rotatable bonds is 6.